The number of nitrogens with two attached hydrogens (primary N) is 1. The molecule has 1 aliphatic heterocycles. The van der Waals surface area contributed by atoms with Crippen molar-refractivity contribution in [2.45, 2.75) is 25.5 Å². The smallest absolute Gasteiger partial charge is 0.241 e. The highest BCUT2D eigenvalue weighted by atomic mass is 35.5. The van der Waals surface area contributed by atoms with Gasteiger partial charge in [-0.05, 0) is 31.5 Å². The third kappa shape index (κ3) is 5.66. The van der Waals surface area contributed by atoms with Crippen molar-refractivity contribution < 1.29 is 9.53 Å². The van der Waals surface area contributed by atoms with E-state index in [2.05, 4.69) is 25.6 Å². The quantitative estimate of drug-likeness (QED) is 0.670. The third-order valence-corrected chi connectivity index (χ3v) is 3.93. The molecule has 27 heavy (non-hydrogen) atoms. The first-order chi connectivity index (χ1) is 12.5. The fourth-order valence-electron chi connectivity index (χ4n) is 2.64. The number of hydrogen-bond acceptors (Lipinski definition) is 8. The van der Waals surface area contributed by atoms with Gasteiger partial charge in [0.2, 0.25) is 17.8 Å². The predicted molar refractivity (Wildman–Crippen MR) is 106 cm³/mol. The van der Waals surface area contributed by atoms with Gasteiger partial charge in [0.05, 0.1) is 6.04 Å². The van der Waals surface area contributed by atoms with Gasteiger partial charge in [0, 0.05) is 25.8 Å². The van der Waals surface area contributed by atoms with Gasteiger partial charge in [-0.15, -0.1) is 12.4 Å². The molecule has 0 aliphatic carbocycles. The van der Waals surface area contributed by atoms with Crippen LogP contribution in [0, 0.1) is 0 Å². The molecule has 3 rings (SSSR count). The Morgan fingerprint density at radius 1 is 1.37 bits per heavy atom. The number of carbonyl (C=O) groups excluding carboxylic acids is 1. The standard InChI is InChI=1S/C17H23N7O2.ClH/c1-24(2)17-22-14(21-16(18)23-17)10-26-12-6-3-5-11(9-12)20-15(25)13-7-4-8-19-13;/h3,5-6,9,13,19H,4,7-8,10H2,1-2H3,(H,20,25)(H2,18,21,22,23);1H. The zero-order valence-electron chi connectivity index (χ0n) is 15.3. The van der Waals surface area contributed by atoms with Gasteiger partial charge in [-0.25, -0.2) is 0 Å². The van der Waals surface area contributed by atoms with Crippen molar-refractivity contribution in [1.29, 1.82) is 0 Å². The number of hydrogen-bond donors (Lipinski definition) is 3. The van der Waals surface area contributed by atoms with E-state index in [-0.39, 0.29) is 36.9 Å². The Bertz CT molecular complexity index is 782. The van der Waals surface area contributed by atoms with E-state index in [1.54, 1.807) is 17.0 Å². The van der Waals surface area contributed by atoms with E-state index in [0.717, 1.165) is 19.4 Å². The maximum atomic E-state index is 12.2. The molecule has 1 aromatic carbocycles. The molecule has 4 N–H and O–H groups in total. The number of anilines is 3. The molecule has 146 valence electrons. The van der Waals surface area contributed by atoms with Gasteiger partial charge < -0.3 is 26.0 Å². The fraction of sp³-hybridized carbons (Fsp3) is 0.412. The minimum atomic E-state index is -0.128. The molecular weight excluding hydrogens is 370 g/mol. The van der Waals surface area contributed by atoms with Crippen molar-refractivity contribution in [3.8, 4) is 5.75 Å². The van der Waals surface area contributed by atoms with Crippen LogP contribution >= 0.6 is 12.4 Å². The summed E-state index contributed by atoms with van der Waals surface area (Å²) in [6.07, 6.45) is 1.88. The Morgan fingerprint density at radius 3 is 2.89 bits per heavy atom. The van der Waals surface area contributed by atoms with Crippen molar-refractivity contribution in [2.75, 3.05) is 36.6 Å². The summed E-state index contributed by atoms with van der Waals surface area (Å²) >= 11 is 0. The van der Waals surface area contributed by atoms with Crippen LogP contribution in [0.5, 0.6) is 5.75 Å². The maximum absolute atomic E-state index is 12.2. The SMILES string of the molecule is CN(C)c1nc(N)nc(COc2cccc(NC(=O)C3CCCN3)c2)n1.Cl. The van der Waals surface area contributed by atoms with Gasteiger partial charge in [0.25, 0.3) is 0 Å². The van der Waals surface area contributed by atoms with Crippen molar-refractivity contribution in [3.05, 3.63) is 30.1 Å². The highest BCUT2D eigenvalue weighted by molar-refractivity contribution is 5.95. The molecule has 1 amide bonds. The van der Waals surface area contributed by atoms with Crippen molar-refractivity contribution >= 4 is 35.9 Å². The summed E-state index contributed by atoms with van der Waals surface area (Å²) in [5, 5.41) is 6.08. The lowest BCUT2D eigenvalue weighted by atomic mass is 10.2. The van der Waals surface area contributed by atoms with Crippen LogP contribution in [0.25, 0.3) is 0 Å². The van der Waals surface area contributed by atoms with E-state index in [9.17, 15) is 4.79 Å². The van der Waals surface area contributed by atoms with Crippen molar-refractivity contribution in [2.24, 2.45) is 0 Å². The lowest BCUT2D eigenvalue weighted by Crippen LogP contribution is -2.35. The molecule has 2 aromatic rings. The molecule has 1 aliphatic rings. The predicted octanol–water partition coefficient (Wildman–Crippen LogP) is 1.21. The third-order valence-electron chi connectivity index (χ3n) is 3.93. The molecule has 1 fully saturated rings. The molecule has 9 nitrogen and oxygen atoms in total. The molecule has 0 saturated carbocycles. The van der Waals surface area contributed by atoms with Crippen LogP contribution < -0.4 is 26.0 Å². The topological polar surface area (TPSA) is 118 Å². The number of nitrogens with one attached hydrogen (secondary N) is 2. The zero-order chi connectivity index (χ0) is 18.5. The van der Waals surface area contributed by atoms with Crippen LogP contribution in [0.2, 0.25) is 0 Å². The van der Waals surface area contributed by atoms with E-state index < -0.39 is 0 Å². The summed E-state index contributed by atoms with van der Waals surface area (Å²) in [6, 6.07) is 7.09. The summed E-state index contributed by atoms with van der Waals surface area (Å²) < 4.78 is 5.74. The molecule has 1 aromatic heterocycles. The van der Waals surface area contributed by atoms with E-state index in [0.29, 0.717) is 23.2 Å². The largest absolute Gasteiger partial charge is 0.486 e. The molecule has 0 spiro atoms. The van der Waals surface area contributed by atoms with Crippen molar-refractivity contribution in [1.82, 2.24) is 20.3 Å². The minimum absolute atomic E-state index is 0. The first kappa shape index (κ1) is 20.7. The molecule has 1 saturated heterocycles. The molecule has 0 bridgehead atoms. The van der Waals surface area contributed by atoms with E-state index >= 15 is 0 Å². The minimum Gasteiger partial charge on any atom is -0.486 e. The number of carbonyl (C=O) groups is 1. The molecule has 2 heterocycles. The van der Waals surface area contributed by atoms with Crippen LogP contribution in [0.1, 0.15) is 18.7 Å². The van der Waals surface area contributed by atoms with Crippen LogP contribution in [0.4, 0.5) is 17.6 Å². The Kier molecular flexibility index (Phi) is 7.14. The average molecular weight is 394 g/mol. The maximum Gasteiger partial charge on any atom is 0.241 e. The van der Waals surface area contributed by atoms with E-state index in [4.69, 9.17) is 10.5 Å². The molecule has 10 heteroatoms. The number of halogens is 1. The first-order valence-corrected chi connectivity index (χ1v) is 8.46. The summed E-state index contributed by atoms with van der Waals surface area (Å²) in [6.45, 7) is 1.03. The number of ether oxygens (including phenoxy) is 1. The Morgan fingerprint density at radius 2 is 2.19 bits per heavy atom. The van der Waals surface area contributed by atoms with Gasteiger partial charge in [-0.3, -0.25) is 4.79 Å². The van der Waals surface area contributed by atoms with Gasteiger partial charge >= 0.3 is 0 Å². The van der Waals surface area contributed by atoms with Crippen LogP contribution in [0.15, 0.2) is 24.3 Å². The summed E-state index contributed by atoms with van der Waals surface area (Å²) in [5.74, 6) is 1.63. The lowest BCUT2D eigenvalue weighted by molar-refractivity contribution is -0.117. The second-order valence-corrected chi connectivity index (χ2v) is 6.26. The summed E-state index contributed by atoms with van der Waals surface area (Å²) in [5.41, 5.74) is 6.39. The fourth-order valence-corrected chi connectivity index (χ4v) is 2.64. The zero-order valence-corrected chi connectivity index (χ0v) is 16.1. The number of nitrogens with zero attached hydrogens (tertiary/aromatic N) is 4. The Balaban J connectivity index is 0.00000261. The van der Waals surface area contributed by atoms with Gasteiger partial charge in [0.1, 0.15) is 12.4 Å². The Hall–Kier alpha value is -2.65. The second kappa shape index (κ2) is 9.33. The highest BCUT2D eigenvalue weighted by Crippen LogP contribution is 2.19. The summed E-state index contributed by atoms with van der Waals surface area (Å²) in [4.78, 5) is 26.3. The first-order valence-electron chi connectivity index (χ1n) is 8.46. The Labute approximate surface area is 164 Å². The van der Waals surface area contributed by atoms with Gasteiger partial charge in [0.15, 0.2) is 5.82 Å². The number of nitrogen functional groups attached to an aromatic ring is 1. The number of benzene rings is 1. The number of rotatable bonds is 6. The summed E-state index contributed by atoms with van der Waals surface area (Å²) in [7, 11) is 3.65. The number of aromatic nitrogens is 3. The van der Waals surface area contributed by atoms with Crippen molar-refractivity contribution in [3.63, 3.8) is 0 Å². The monoisotopic (exact) mass is 393 g/mol. The second-order valence-electron chi connectivity index (χ2n) is 6.26. The van der Waals surface area contributed by atoms with E-state index in [1.807, 2.05) is 26.2 Å². The van der Waals surface area contributed by atoms with Crippen LogP contribution in [-0.4, -0.2) is 47.5 Å². The average Bonchev–Trinajstić information content (AvgIpc) is 3.14. The molecule has 0 radical (unpaired) electrons. The highest BCUT2D eigenvalue weighted by Gasteiger charge is 2.21. The lowest BCUT2D eigenvalue weighted by Gasteiger charge is -2.13. The van der Waals surface area contributed by atoms with Gasteiger partial charge in [-0.1, -0.05) is 6.07 Å². The normalized spacial score (nSPS) is 15.7. The van der Waals surface area contributed by atoms with Gasteiger partial charge in [-0.2, -0.15) is 15.0 Å². The molecule has 1 unspecified atom stereocenters. The van der Waals surface area contributed by atoms with Crippen LogP contribution in [0.3, 0.4) is 0 Å². The number of amides is 1. The molecule has 1 atom stereocenters. The van der Waals surface area contributed by atoms with E-state index in [1.165, 1.54) is 0 Å². The molecular formula is C17H24ClN7O2. The van der Waals surface area contributed by atoms with Crippen LogP contribution in [-0.2, 0) is 11.4 Å².